The van der Waals surface area contributed by atoms with Gasteiger partial charge in [-0.25, -0.2) is 4.98 Å². The molecule has 0 fully saturated rings. The van der Waals surface area contributed by atoms with Crippen LogP contribution in [-0.2, 0) is 6.54 Å². The number of fused-ring (bicyclic) bond motifs is 1. The lowest BCUT2D eigenvalue weighted by atomic mass is 9.88. The molecule has 0 spiro atoms. The molecule has 2 heterocycles. The van der Waals surface area contributed by atoms with Gasteiger partial charge in [0.2, 0.25) is 0 Å². The Kier molecular flexibility index (Phi) is 3.77. The Bertz CT molecular complexity index is 664. The first-order valence-electron chi connectivity index (χ1n) is 7.86. The van der Waals surface area contributed by atoms with Crippen LogP contribution in [-0.4, -0.2) is 21.0 Å². The molecule has 0 saturated heterocycles. The van der Waals surface area contributed by atoms with Crippen LogP contribution in [0.5, 0.6) is 0 Å². The maximum absolute atomic E-state index is 12.2. The summed E-state index contributed by atoms with van der Waals surface area (Å²) >= 11 is 0. The predicted molar refractivity (Wildman–Crippen MR) is 87.0 cm³/mol. The van der Waals surface area contributed by atoms with Crippen LogP contribution in [0.3, 0.4) is 0 Å². The molecule has 0 saturated carbocycles. The van der Waals surface area contributed by atoms with Gasteiger partial charge in [0.05, 0.1) is 6.33 Å². The fraction of sp³-hybridized carbons (Fsp3) is 0.444. The number of nitrogens with zero attached hydrogens (tertiary/aromatic N) is 2. The highest BCUT2D eigenvalue weighted by Crippen LogP contribution is 2.33. The van der Waals surface area contributed by atoms with Crippen molar-refractivity contribution in [2.75, 3.05) is 0 Å². The van der Waals surface area contributed by atoms with Crippen LogP contribution in [0.1, 0.15) is 61.1 Å². The van der Waals surface area contributed by atoms with Gasteiger partial charge >= 0.3 is 0 Å². The van der Waals surface area contributed by atoms with Crippen LogP contribution in [0.15, 0.2) is 36.8 Å². The lowest BCUT2D eigenvalue weighted by molar-refractivity contribution is 0.0919. The summed E-state index contributed by atoms with van der Waals surface area (Å²) in [5, 5.41) is 2.99. The van der Waals surface area contributed by atoms with Gasteiger partial charge in [-0.15, -0.1) is 0 Å². The maximum Gasteiger partial charge on any atom is 0.251 e. The van der Waals surface area contributed by atoms with E-state index in [0.29, 0.717) is 11.5 Å². The largest absolute Gasteiger partial charge is 0.347 e. The summed E-state index contributed by atoms with van der Waals surface area (Å²) in [4.78, 5) is 16.4. The second-order valence-corrected chi connectivity index (χ2v) is 7.03. The molecule has 1 atom stereocenters. The summed E-state index contributed by atoms with van der Waals surface area (Å²) < 4.78 is 2.23. The molecular weight excluding hydrogens is 274 g/mol. The Labute approximate surface area is 131 Å². The number of carbonyl (C=O) groups is 1. The van der Waals surface area contributed by atoms with Gasteiger partial charge in [0.25, 0.3) is 5.91 Å². The predicted octanol–water partition coefficient (Wildman–Crippen LogP) is 3.34. The second kappa shape index (κ2) is 5.59. The van der Waals surface area contributed by atoms with E-state index in [2.05, 4.69) is 27.0 Å². The van der Waals surface area contributed by atoms with Gasteiger partial charge in [-0.05, 0) is 51.3 Å². The molecule has 0 aliphatic carbocycles. The lowest BCUT2D eigenvalue weighted by Crippen LogP contribution is -2.40. The molecule has 1 N–H and O–H groups in total. The van der Waals surface area contributed by atoms with Gasteiger partial charge in [0.1, 0.15) is 0 Å². The van der Waals surface area contributed by atoms with Crippen molar-refractivity contribution in [3.63, 3.8) is 0 Å². The van der Waals surface area contributed by atoms with Gasteiger partial charge < -0.3 is 9.88 Å². The first-order chi connectivity index (χ1) is 10.4. The van der Waals surface area contributed by atoms with Crippen molar-refractivity contribution in [2.24, 2.45) is 0 Å². The second-order valence-electron chi connectivity index (χ2n) is 7.03. The quantitative estimate of drug-likeness (QED) is 0.924. The van der Waals surface area contributed by atoms with Crippen LogP contribution in [0.25, 0.3) is 0 Å². The Balaban J connectivity index is 1.80. The van der Waals surface area contributed by atoms with E-state index in [1.54, 1.807) is 0 Å². The summed E-state index contributed by atoms with van der Waals surface area (Å²) in [5.74, 6) is 0.365. The van der Waals surface area contributed by atoms with Crippen LogP contribution < -0.4 is 5.32 Å². The van der Waals surface area contributed by atoms with Crippen LogP contribution in [0, 0.1) is 0 Å². The third-order valence-electron chi connectivity index (χ3n) is 4.06. The molecule has 1 aliphatic rings. The molecule has 116 valence electrons. The number of benzene rings is 1. The number of amides is 1. The van der Waals surface area contributed by atoms with Crippen molar-refractivity contribution in [2.45, 2.75) is 51.6 Å². The molecular formula is C18H23N3O. The summed E-state index contributed by atoms with van der Waals surface area (Å²) in [5.41, 5.74) is 3.03. The van der Waals surface area contributed by atoms with E-state index in [1.807, 2.05) is 45.4 Å². The molecule has 1 unspecified atom stereocenters. The number of imidazole rings is 1. The van der Waals surface area contributed by atoms with E-state index in [0.717, 1.165) is 13.0 Å². The van der Waals surface area contributed by atoms with Crippen molar-refractivity contribution < 1.29 is 4.79 Å². The lowest BCUT2D eigenvalue weighted by Gasteiger charge is -2.25. The molecule has 3 rings (SSSR count). The minimum Gasteiger partial charge on any atom is -0.347 e. The minimum atomic E-state index is -0.217. The normalized spacial score (nSPS) is 17.9. The third kappa shape index (κ3) is 3.06. The summed E-state index contributed by atoms with van der Waals surface area (Å²) in [6.07, 6.45) is 6.18. The molecule has 22 heavy (non-hydrogen) atoms. The molecule has 4 heteroatoms. The Morgan fingerprint density at radius 2 is 2.00 bits per heavy atom. The van der Waals surface area contributed by atoms with Crippen molar-refractivity contribution >= 4 is 5.91 Å². The van der Waals surface area contributed by atoms with E-state index >= 15 is 0 Å². The number of rotatable bonds is 2. The van der Waals surface area contributed by atoms with E-state index < -0.39 is 0 Å². The van der Waals surface area contributed by atoms with Gasteiger partial charge in [-0.3, -0.25) is 4.79 Å². The average Bonchev–Trinajstić information content (AvgIpc) is 2.94. The fourth-order valence-electron chi connectivity index (χ4n) is 3.04. The number of hydrogen-bond donors (Lipinski definition) is 1. The van der Waals surface area contributed by atoms with E-state index in [-0.39, 0.29) is 11.4 Å². The van der Waals surface area contributed by atoms with E-state index in [9.17, 15) is 4.79 Å². The summed E-state index contributed by atoms with van der Waals surface area (Å²) in [7, 11) is 0. The Morgan fingerprint density at radius 1 is 1.27 bits per heavy atom. The Morgan fingerprint density at radius 3 is 2.68 bits per heavy atom. The van der Waals surface area contributed by atoms with Gasteiger partial charge in [-0.2, -0.15) is 0 Å². The van der Waals surface area contributed by atoms with Crippen molar-refractivity contribution in [1.29, 1.82) is 0 Å². The van der Waals surface area contributed by atoms with Crippen LogP contribution in [0.4, 0.5) is 0 Å². The van der Waals surface area contributed by atoms with Crippen molar-refractivity contribution in [3.05, 3.63) is 53.6 Å². The molecule has 0 radical (unpaired) electrons. The van der Waals surface area contributed by atoms with Crippen molar-refractivity contribution in [3.8, 4) is 0 Å². The molecule has 4 nitrogen and oxygen atoms in total. The molecule has 0 bridgehead atoms. The van der Waals surface area contributed by atoms with E-state index in [4.69, 9.17) is 0 Å². The van der Waals surface area contributed by atoms with Gasteiger partial charge in [-0.1, -0.05) is 12.1 Å². The average molecular weight is 297 g/mol. The number of hydrogen-bond acceptors (Lipinski definition) is 2. The highest BCUT2D eigenvalue weighted by Gasteiger charge is 2.22. The van der Waals surface area contributed by atoms with Crippen LogP contribution in [0.2, 0.25) is 0 Å². The topological polar surface area (TPSA) is 46.9 Å². The van der Waals surface area contributed by atoms with E-state index in [1.165, 1.54) is 17.7 Å². The number of carbonyl (C=O) groups excluding carboxylic acids is 1. The maximum atomic E-state index is 12.2. The zero-order valence-electron chi connectivity index (χ0n) is 13.5. The minimum absolute atomic E-state index is 0.0206. The first-order valence-corrected chi connectivity index (χ1v) is 7.86. The zero-order chi connectivity index (χ0) is 15.7. The van der Waals surface area contributed by atoms with Gasteiger partial charge in [0.15, 0.2) is 0 Å². The molecule has 1 aliphatic heterocycles. The van der Waals surface area contributed by atoms with Gasteiger partial charge in [0, 0.05) is 35.5 Å². The molecule has 2 aromatic rings. The molecule has 1 aromatic heterocycles. The monoisotopic (exact) mass is 297 g/mol. The Hall–Kier alpha value is -2.10. The highest BCUT2D eigenvalue weighted by molar-refractivity contribution is 5.94. The third-order valence-corrected chi connectivity index (χ3v) is 4.06. The number of aryl methyl sites for hydroxylation is 1. The molecule has 1 aromatic carbocycles. The zero-order valence-corrected chi connectivity index (χ0v) is 13.5. The van der Waals surface area contributed by atoms with Crippen molar-refractivity contribution in [1.82, 2.24) is 14.9 Å². The number of nitrogens with one attached hydrogen (secondary N) is 1. The standard InChI is InChI=1S/C18H23N3O/c1-18(2,3)20-17(22)14-8-6-13(7-9-14)15-5-4-10-21-12-19-11-16(15)21/h6-9,11-12,15H,4-5,10H2,1-3H3,(H,20,22). The SMILES string of the molecule is CC(C)(C)NC(=O)c1ccc(C2CCCn3cncc32)cc1. The molecule has 1 amide bonds. The van der Waals surface area contributed by atoms with Crippen LogP contribution >= 0.6 is 0 Å². The first kappa shape index (κ1) is 14.8. The summed E-state index contributed by atoms with van der Waals surface area (Å²) in [6, 6.07) is 7.99. The summed E-state index contributed by atoms with van der Waals surface area (Å²) in [6.45, 7) is 7.02. The highest BCUT2D eigenvalue weighted by atomic mass is 16.1. The smallest absolute Gasteiger partial charge is 0.251 e. The fourth-order valence-corrected chi connectivity index (χ4v) is 3.04. The number of aromatic nitrogens is 2.